The van der Waals surface area contributed by atoms with Crippen molar-refractivity contribution in [2.45, 2.75) is 26.5 Å². The molecule has 5 nitrogen and oxygen atoms in total. The fraction of sp³-hybridized carbons (Fsp3) is 0.250. The number of aryl methyl sites for hydroxylation is 3. The summed E-state index contributed by atoms with van der Waals surface area (Å²) >= 11 is 1.44. The number of rotatable bonds is 5. The Morgan fingerprint density at radius 3 is 2.54 bits per heavy atom. The number of anilines is 1. The van der Waals surface area contributed by atoms with Crippen molar-refractivity contribution in [3.63, 3.8) is 0 Å². The number of hydrogen-bond acceptors (Lipinski definition) is 4. The molecule has 0 radical (unpaired) electrons. The number of pyridine rings is 1. The van der Waals surface area contributed by atoms with Gasteiger partial charge in [0, 0.05) is 23.7 Å². The number of fused-ring (bicyclic) bond motifs is 1. The lowest BCUT2D eigenvalue weighted by atomic mass is 10.1. The van der Waals surface area contributed by atoms with Crippen LogP contribution in [-0.2, 0) is 10.5 Å². The third-order valence-electron chi connectivity index (χ3n) is 3.86. The molecule has 0 fully saturated rings. The number of amides is 1. The standard InChI is InChI=1S/C20H21N3O2S/c1-13-4-5-23-18(9-13)21-17(10-20(23)25)11-26-12-19(24)22-16-7-14(2)6-15(3)8-16/h4-10H,11-12H2,1-3H3,(H,22,24). The highest BCUT2D eigenvalue weighted by Gasteiger charge is 2.07. The Hall–Kier alpha value is -2.60. The van der Waals surface area contributed by atoms with Crippen molar-refractivity contribution in [1.29, 1.82) is 0 Å². The molecule has 0 aliphatic carbocycles. The summed E-state index contributed by atoms with van der Waals surface area (Å²) in [7, 11) is 0. The van der Waals surface area contributed by atoms with Crippen LogP contribution in [0.25, 0.3) is 5.65 Å². The molecule has 1 amide bonds. The van der Waals surface area contributed by atoms with Gasteiger partial charge < -0.3 is 5.32 Å². The molecule has 0 atom stereocenters. The van der Waals surface area contributed by atoms with E-state index in [4.69, 9.17) is 0 Å². The van der Waals surface area contributed by atoms with E-state index >= 15 is 0 Å². The van der Waals surface area contributed by atoms with Crippen LogP contribution in [0.1, 0.15) is 22.4 Å². The van der Waals surface area contributed by atoms with E-state index in [0.717, 1.165) is 22.4 Å². The molecular weight excluding hydrogens is 346 g/mol. The van der Waals surface area contributed by atoms with Crippen LogP contribution < -0.4 is 10.9 Å². The number of nitrogens with one attached hydrogen (secondary N) is 1. The quantitative estimate of drug-likeness (QED) is 0.750. The van der Waals surface area contributed by atoms with Crippen LogP contribution in [0.4, 0.5) is 5.69 Å². The lowest BCUT2D eigenvalue weighted by molar-refractivity contribution is -0.113. The van der Waals surface area contributed by atoms with Crippen LogP contribution in [0, 0.1) is 20.8 Å². The van der Waals surface area contributed by atoms with Crippen molar-refractivity contribution < 1.29 is 4.79 Å². The highest BCUT2D eigenvalue weighted by atomic mass is 32.2. The summed E-state index contributed by atoms with van der Waals surface area (Å²) in [6, 6.07) is 11.2. The summed E-state index contributed by atoms with van der Waals surface area (Å²) in [5.74, 6) is 0.760. The minimum atomic E-state index is -0.106. The normalized spacial score (nSPS) is 10.9. The molecule has 2 heterocycles. The SMILES string of the molecule is Cc1cc(C)cc(NC(=O)CSCc2cc(=O)n3ccc(C)cc3n2)c1. The van der Waals surface area contributed by atoms with Gasteiger partial charge in [0.25, 0.3) is 5.56 Å². The predicted octanol–water partition coefficient (Wildman–Crippen LogP) is 3.49. The Morgan fingerprint density at radius 1 is 1.08 bits per heavy atom. The monoisotopic (exact) mass is 367 g/mol. The van der Waals surface area contributed by atoms with Crippen molar-refractivity contribution in [2.24, 2.45) is 0 Å². The molecule has 0 spiro atoms. The summed E-state index contributed by atoms with van der Waals surface area (Å²) in [4.78, 5) is 28.8. The third kappa shape index (κ3) is 4.52. The van der Waals surface area contributed by atoms with Gasteiger partial charge in [-0.25, -0.2) is 4.98 Å². The number of aromatic nitrogens is 2. The Labute approximate surface area is 156 Å². The molecule has 0 unspecified atom stereocenters. The molecule has 2 aromatic heterocycles. The number of nitrogens with zero attached hydrogens (tertiary/aromatic N) is 2. The fourth-order valence-electron chi connectivity index (χ4n) is 2.82. The van der Waals surface area contributed by atoms with Gasteiger partial charge in [0.15, 0.2) is 0 Å². The topological polar surface area (TPSA) is 63.5 Å². The van der Waals surface area contributed by atoms with Crippen molar-refractivity contribution in [2.75, 3.05) is 11.1 Å². The maximum atomic E-state index is 12.1. The highest BCUT2D eigenvalue weighted by molar-refractivity contribution is 7.99. The van der Waals surface area contributed by atoms with Crippen molar-refractivity contribution in [3.05, 3.63) is 75.3 Å². The van der Waals surface area contributed by atoms with E-state index in [1.807, 2.05) is 45.0 Å². The first kappa shape index (κ1) is 18.2. The largest absolute Gasteiger partial charge is 0.325 e. The van der Waals surface area contributed by atoms with Gasteiger partial charge in [-0.1, -0.05) is 6.07 Å². The van der Waals surface area contributed by atoms with E-state index in [-0.39, 0.29) is 11.5 Å². The zero-order valence-corrected chi connectivity index (χ0v) is 15.9. The van der Waals surface area contributed by atoms with Crippen LogP contribution in [0.3, 0.4) is 0 Å². The first-order chi connectivity index (χ1) is 12.4. The second-order valence-electron chi connectivity index (χ2n) is 6.44. The summed E-state index contributed by atoms with van der Waals surface area (Å²) in [6.07, 6.45) is 1.73. The zero-order chi connectivity index (χ0) is 18.7. The number of carbonyl (C=O) groups is 1. The molecular formula is C20H21N3O2S. The molecule has 0 aliphatic heterocycles. The summed E-state index contributed by atoms with van der Waals surface area (Å²) in [6.45, 7) is 5.97. The molecule has 134 valence electrons. The van der Waals surface area contributed by atoms with Gasteiger partial charge in [-0.05, 0) is 61.7 Å². The van der Waals surface area contributed by atoms with E-state index in [1.165, 1.54) is 22.2 Å². The smallest absolute Gasteiger partial charge is 0.258 e. The minimum Gasteiger partial charge on any atom is -0.325 e. The third-order valence-corrected chi connectivity index (χ3v) is 4.83. The number of thioether (sulfide) groups is 1. The lowest BCUT2D eigenvalue weighted by Crippen LogP contribution is -2.16. The number of hydrogen-bond donors (Lipinski definition) is 1. The molecule has 26 heavy (non-hydrogen) atoms. The number of benzene rings is 1. The van der Waals surface area contributed by atoms with Crippen LogP contribution in [0.15, 0.2) is 47.4 Å². The maximum absolute atomic E-state index is 12.1. The first-order valence-corrected chi connectivity index (χ1v) is 9.51. The average molecular weight is 367 g/mol. The van der Waals surface area contributed by atoms with E-state index < -0.39 is 0 Å². The summed E-state index contributed by atoms with van der Waals surface area (Å²) < 4.78 is 1.52. The van der Waals surface area contributed by atoms with E-state index in [0.29, 0.717) is 22.8 Å². The van der Waals surface area contributed by atoms with Gasteiger partial charge in [0.2, 0.25) is 5.91 Å². The van der Waals surface area contributed by atoms with Crippen LogP contribution in [-0.4, -0.2) is 21.0 Å². The first-order valence-electron chi connectivity index (χ1n) is 8.35. The van der Waals surface area contributed by atoms with E-state index in [1.54, 1.807) is 6.20 Å². The summed E-state index contributed by atoms with van der Waals surface area (Å²) in [5.41, 5.74) is 5.30. The Kier molecular flexibility index (Phi) is 5.42. The van der Waals surface area contributed by atoms with Gasteiger partial charge in [0.1, 0.15) is 5.65 Å². The Morgan fingerprint density at radius 2 is 1.81 bits per heavy atom. The van der Waals surface area contributed by atoms with Crippen LogP contribution in [0.5, 0.6) is 0 Å². The fourth-order valence-corrected chi connectivity index (χ4v) is 3.54. The molecule has 3 rings (SSSR count). The Bertz CT molecular complexity index is 1010. The molecule has 0 saturated carbocycles. The molecule has 1 N–H and O–H groups in total. The second kappa shape index (κ2) is 7.74. The van der Waals surface area contributed by atoms with Crippen LogP contribution >= 0.6 is 11.8 Å². The average Bonchev–Trinajstić information content (AvgIpc) is 2.53. The van der Waals surface area contributed by atoms with Gasteiger partial charge in [-0.2, -0.15) is 0 Å². The molecule has 1 aromatic carbocycles. The molecule has 6 heteroatoms. The highest BCUT2D eigenvalue weighted by Crippen LogP contribution is 2.15. The van der Waals surface area contributed by atoms with Crippen LogP contribution in [0.2, 0.25) is 0 Å². The van der Waals surface area contributed by atoms with E-state index in [2.05, 4.69) is 16.4 Å². The molecule has 3 aromatic rings. The molecule has 0 saturated heterocycles. The van der Waals surface area contributed by atoms with Gasteiger partial charge in [-0.3, -0.25) is 14.0 Å². The van der Waals surface area contributed by atoms with Gasteiger partial charge >= 0.3 is 0 Å². The van der Waals surface area contributed by atoms with Crippen molar-refractivity contribution in [3.8, 4) is 0 Å². The van der Waals surface area contributed by atoms with Gasteiger partial charge in [-0.15, -0.1) is 11.8 Å². The number of carbonyl (C=O) groups excluding carboxylic acids is 1. The maximum Gasteiger partial charge on any atom is 0.258 e. The zero-order valence-electron chi connectivity index (χ0n) is 15.1. The molecule has 0 aliphatic rings. The van der Waals surface area contributed by atoms with Crippen molar-refractivity contribution >= 4 is 29.0 Å². The lowest BCUT2D eigenvalue weighted by Gasteiger charge is -2.08. The second-order valence-corrected chi connectivity index (χ2v) is 7.42. The van der Waals surface area contributed by atoms with E-state index in [9.17, 15) is 9.59 Å². The molecule has 0 bridgehead atoms. The van der Waals surface area contributed by atoms with Gasteiger partial charge in [0.05, 0.1) is 11.4 Å². The predicted molar refractivity (Wildman–Crippen MR) is 107 cm³/mol. The summed E-state index contributed by atoms with van der Waals surface area (Å²) in [5, 5.41) is 2.91. The Balaban J connectivity index is 1.61. The minimum absolute atomic E-state index is 0.0617. The van der Waals surface area contributed by atoms with Crippen molar-refractivity contribution in [1.82, 2.24) is 9.38 Å².